The summed E-state index contributed by atoms with van der Waals surface area (Å²) >= 11 is 0. The molecule has 0 saturated carbocycles. The lowest BCUT2D eigenvalue weighted by Gasteiger charge is -2.06. The highest BCUT2D eigenvalue weighted by molar-refractivity contribution is 5.92. The fourth-order valence-electron chi connectivity index (χ4n) is 2.17. The largest absolute Gasteiger partial charge is 0.348 e. The number of carbonyl (C=O) groups excluding carboxylic acids is 2. The van der Waals surface area contributed by atoms with Gasteiger partial charge >= 0.3 is 0 Å². The number of nitriles is 1. The van der Waals surface area contributed by atoms with E-state index < -0.39 is 0 Å². The molecule has 2 aromatic carbocycles. The lowest BCUT2D eigenvalue weighted by molar-refractivity contribution is -0.117. The summed E-state index contributed by atoms with van der Waals surface area (Å²) < 4.78 is 0. The summed E-state index contributed by atoms with van der Waals surface area (Å²) in [7, 11) is 0. The van der Waals surface area contributed by atoms with Gasteiger partial charge in [0.05, 0.1) is 6.07 Å². The topological polar surface area (TPSA) is 82.0 Å². The summed E-state index contributed by atoms with van der Waals surface area (Å²) in [6, 6.07) is 16.7. The van der Waals surface area contributed by atoms with Crippen LogP contribution in [0.15, 0.2) is 54.6 Å². The fraction of sp³-hybridized carbons (Fsp3) is 0.150. The van der Waals surface area contributed by atoms with Crippen molar-refractivity contribution in [3.8, 4) is 6.07 Å². The van der Waals surface area contributed by atoms with E-state index in [4.69, 9.17) is 5.26 Å². The second-order valence-electron chi connectivity index (χ2n) is 5.49. The third-order valence-corrected chi connectivity index (χ3v) is 3.55. The van der Waals surface area contributed by atoms with Gasteiger partial charge in [0.1, 0.15) is 6.42 Å². The van der Waals surface area contributed by atoms with Crippen molar-refractivity contribution in [2.75, 3.05) is 5.32 Å². The lowest BCUT2D eigenvalue weighted by Crippen LogP contribution is -2.20. The van der Waals surface area contributed by atoms with Crippen LogP contribution in [0.1, 0.15) is 23.1 Å². The summed E-state index contributed by atoms with van der Waals surface area (Å²) in [5.41, 5.74) is 3.65. The summed E-state index contributed by atoms with van der Waals surface area (Å²) in [4.78, 5) is 23.2. The van der Waals surface area contributed by atoms with E-state index in [0.717, 1.165) is 16.7 Å². The molecule has 0 aliphatic rings. The molecule has 2 aromatic rings. The van der Waals surface area contributed by atoms with E-state index in [1.807, 2.05) is 43.3 Å². The Morgan fingerprint density at radius 1 is 1.12 bits per heavy atom. The van der Waals surface area contributed by atoms with E-state index in [0.29, 0.717) is 12.2 Å². The molecule has 5 heteroatoms. The number of anilines is 1. The quantitative estimate of drug-likeness (QED) is 0.797. The molecule has 0 radical (unpaired) electrons. The minimum absolute atomic E-state index is 0.172. The van der Waals surface area contributed by atoms with Crippen LogP contribution in [-0.2, 0) is 16.1 Å². The molecule has 0 aliphatic carbocycles. The molecule has 2 amide bonds. The molecule has 0 aliphatic heterocycles. The summed E-state index contributed by atoms with van der Waals surface area (Å²) in [5.74, 6) is -0.514. The van der Waals surface area contributed by atoms with E-state index >= 15 is 0 Å². The minimum Gasteiger partial charge on any atom is -0.348 e. The molecule has 5 nitrogen and oxygen atoms in total. The Morgan fingerprint density at radius 2 is 1.84 bits per heavy atom. The third-order valence-electron chi connectivity index (χ3n) is 3.55. The zero-order chi connectivity index (χ0) is 18.1. The second kappa shape index (κ2) is 9.04. The van der Waals surface area contributed by atoms with Gasteiger partial charge in [-0.25, -0.2) is 0 Å². The molecule has 126 valence electrons. The Labute approximate surface area is 147 Å². The van der Waals surface area contributed by atoms with Crippen molar-refractivity contribution in [3.05, 3.63) is 71.3 Å². The van der Waals surface area contributed by atoms with Crippen LogP contribution in [-0.4, -0.2) is 11.8 Å². The van der Waals surface area contributed by atoms with Crippen molar-refractivity contribution >= 4 is 23.6 Å². The van der Waals surface area contributed by atoms with Crippen LogP contribution < -0.4 is 10.6 Å². The maximum absolute atomic E-state index is 11.9. The third kappa shape index (κ3) is 5.96. The van der Waals surface area contributed by atoms with E-state index in [2.05, 4.69) is 10.6 Å². The Hall–Kier alpha value is -3.39. The average molecular weight is 333 g/mol. The molecule has 0 heterocycles. The number of hydrogen-bond donors (Lipinski definition) is 2. The van der Waals surface area contributed by atoms with Crippen LogP contribution in [0.25, 0.3) is 6.08 Å². The molecular formula is C20H19N3O2. The van der Waals surface area contributed by atoms with Gasteiger partial charge in [-0.05, 0) is 41.8 Å². The van der Waals surface area contributed by atoms with Crippen LogP contribution in [0.2, 0.25) is 0 Å². The predicted octanol–water partition coefficient (Wildman–Crippen LogP) is 3.18. The molecule has 0 spiro atoms. The average Bonchev–Trinajstić information content (AvgIpc) is 2.60. The summed E-state index contributed by atoms with van der Waals surface area (Å²) in [5, 5.41) is 13.9. The number of aryl methyl sites for hydroxylation is 1. The SMILES string of the molecule is Cc1ccccc1/C=C/C(=O)NCc1ccc(NC(=O)CC#N)cc1. The molecule has 0 saturated heterocycles. The Bertz CT molecular complexity index is 818. The van der Waals surface area contributed by atoms with Crippen LogP contribution in [0, 0.1) is 18.3 Å². The van der Waals surface area contributed by atoms with E-state index in [-0.39, 0.29) is 18.2 Å². The summed E-state index contributed by atoms with van der Waals surface area (Å²) in [6.45, 7) is 2.39. The smallest absolute Gasteiger partial charge is 0.244 e. The number of carbonyl (C=O) groups is 2. The maximum atomic E-state index is 11.9. The molecule has 0 bridgehead atoms. The highest BCUT2D eigenvalue weighted by Gasteiger charge is 2.02. The molecule has 0 atom stereocenters. The number of hydrogen-bond acceptors (Lipinski definition) is 3. The highest BCUT2D eigenvalue weighted by atomic mass is 16.2. The van der Waals surface area contributed by atoms with Crippen molar-refractivity contribution in [2.45, 2.75) is 19.9 Å². The van der Waals surface area contributed by atoms with Crippen molar-refractivity contribution in [1.29, 1.82) is 5.26 Å². The molecule has 0 unspecified atom stereocenters. The number of nitrogens with one attached hydrogen (secondary N) is 2. The second-order valence-corrected chi connectivity index (χ2v) is 5.49. The van der Waals surface area contributed by atoms with Gasteiger partial charge in [0, 0.05) is 18.3 Å². The molecular weight excluding hydrogens is 314 g/mol. The molecule has 0 aromatic heterocycles. The first kappa shape index (κ1) is 18.0. The van der Waals surface area contributed by atoms with E-state index in [1.165, 1.54) is 6.08 Å². The van der Waals surface area contributed by atoms with Gasteiger partial charge in [-0.2, -0.15) is 5.26 Å². The first-order valence-corrected chi connectivity index (χ1v) is 7.86. The zero-order valence-corrected chi connectivity index (χ0v) is 14.0. The van der Waals surface area contributed by atoms with Crippen LogP contribution >= 0.6 is 0 Å². The molecule has 0 fully saturated rings. The Morgan fingerprint density at radius 3 is 2.52 bits per heavy atom. The first-order chi connectivity index (χ1) is 12.1. The van der Waals surface area contributed by atoms with Crippen molar-refractivity contribution in [3.63, 3.8) is 0 Å². The van der Waals surface area contributed by atoms with Gasteiger partial charge < -0.3 is 10.6 Å². The fourth-order valence-corrected chi connectivity index (χ4v) is 2.17. The van der Waals surface area contributed by atoms with Gasteiger partial charge in [0.2, 0.25) is 11.8 Å². The Balaban J connectivity index is 1.84. The van der Waals surface area contributed by atoms with Gasteiger partial charge in [0.25, 0.3) is 0 Å². The van der Waals surface area contributed by atoms with Crippen molar-refractivity contribution in [2.24, 2.45) is 0 Å². The summed E-state index contributed by atoms with van der Waals surface area (Å²) in [6.07, 6.45) is 3.13. The number of rotatable bonds is 6. The predicted molar refractivity (Wildman–Crippen MR) is 97.4 cm³/mol. The van der Waals surface area contributed by atoms with Crippen molar-refractivity contribution in [1.82, 2.24) is 5.32 Å². The van der Waals surface area contributed by atoms with Gasteiger partial charge in [-0.3, -0.25) is 9.59 Å². The van der Waals surface area contributed by atoms with Crippen LogP contribution in [0.5, 0.6) is 0 Å². The van der Waals surface area contributed by atoms with Crippen LogP contribution in [0.4, 0.5) is 5.69 Å². The lowest BCUT2D eigenvalue weighted by atomic mass is 10.1. The van der Waals surface area contributed by atoms with Crippen molar-refractivity contribution < 1.29 is 9.59 Å². The van der Waals surface area contributed by atoms with E-state index in [1.54, 1.807) is 24.3 Å². The number of amides is 2. The normalized spacial score (nSPS) is 10.2. The molecule has 25 heavy (non-hydrogen) atoms. The standard InChI is InChI=1S/C20H19N3O2/c1-15-4-2-3-5-17(15)8-11-19(24)22-14-16-6-9-18(10-7-16)23-20(25)12-13-21/h2-11H,12,14H2,1H3,(H,22,24)(H,23,25)/b11-8+. The zero-order valence-electron chi connectivity index (χ0n) is 14.0. The Kier molecular flexibility index (Phi) is 6.49. The minimum atomic E-state index is -0.343. The number of nitrogens with zero attached hydrogens (tertiary/aromatic N) is 1. The van der Waals surface area contributed by atoms with Gasteiger partial charge in [0.15, 0.2) is 0 Å². The number of benzene rings is 2. The maximum Gasteiger partial charge on any atom is 0.244 e. The molecule has 2 N–H and O–H groups in total. The van der Waals surface area contributed by atoms with Gasteiger partial charge in [-0.15, -0.1) is 0 Å². The first-order valence-electron chi connectivity index (χ1n) is 7.86. The monoisotopic (exact) mass is 333 g/mol. The highest BCUT2D eigenvalue weighted by Crippen LogP contribution is 2.10. The molecule has 2 rings (SSSR count). The van der Waals surface area contributed by atoms with E-state index in [9.17, 15) is 9.59 Å². The van der Waals surface area contributed by atoms with Crippen LogP contribution in [0.3, 0.4) is 0 Å². The van der Waals surface area contributed by atoms with Gasteiger partial charge in [-0.1, -0.05) is 36.4 Å².